The molecule has 0 aromatic heterocycles. The summed E-state index contributed by atoms with van der Waals surface area (Å²) in [5.41, 5.74) is 1.10. The molecule has 0 saturated carbocycles. The molecule has 1 N–H and O–H groups in total. The number of aliphatic hydroxyl groups excluding tert-OH is 1. The fraction of sp³-hybridized carbons (Fsp3) is 0.118. The molecule has 0 aliphatic carbocycles. The Morgan fingerprint density at radius 3 is 2.67 bits per heavy atom. The third kappa shape index (κ3) is 1.99. The molecule has 1 unspecified atom stereocenters. The van der Waals surface area contributed by atoms with E-state index in [1.165, 1.54) is 12.1 Å². The molecule has 1 aliphatic heterocycles. The van der Waals surface area contributed by atoms with Gasteiger partial charge in [-0.1, -0.05) is 30.2 Å². The smallest absolute Gasteiger partial charge is 0.261 e. The average Bonchev–Trinajstić information content (AvgIpc) is 2.75. The van der Waals surface area contributed by atoms with Gasteiger partial charge in [0.2, 0.25) is 0 Å². The Labute approximate surface area is 121 Å². The fourth-order valence-electron chi connectivity index (χ4n) is 2.48. The number of hydrogen-bond acceptors (Lipinski definition) is 2. The Balaban J connectivity index is 2.13. The zero-order valence-electron chi connectivity index (χ0n) is 11.3. The lowest BCUT2D eigenvalue weighted by Gasteiger charge is -2.21. The molecule has 4 heteroatoms. The van der Waals surface area contributed by atoms with Gasteiger partial charge in [-0.05, 0) is 25.1 Å². The summed E-state index contributed by atoms with van der Waals surface area (Å²) in [6.07, 6.45) is -1.19. The third-order valence-corrected chi connectivity index (χ3v) is 3.43. The summed E-state index contributed by atoms with van der Waals surface area (Å²) >= 11 is 0. The second-order valence-corrected chi connectivity index (χ2v) is 4.65. The molecule has 1 atom stereocenters. The molecule has 0 saturated heterocycles. The van der Waals surface area contributed by atoms with Crippen LogP contribution in [0.4, 0.5) is 10.1 Å². The fourth-order valence-corrected chi connectivity index (χ4v) is 2.48. The first-order chi connectivity index (χ1) is 10.1. The van der Waals surface area contributed by atoms with E-state index >= 15 is 0 Å². The normalized spacial score (nSPS) is 16.4. The van der Waals surface area contributed by atoms with Crippen LogP contribution in [-0.4, -0.2) is 11.0 Å². The molecule has 1 heterocycles. The Morgan fingerprint density at radius 1 is 1.19 bits per heavy atom. The van der Waals surface area contributed by atoms with Gasteiger partial charge in [-0.2, -0.15) is 0 Å². The topological polar surface area (TPSA) is 40.5 Å². The monoisotopic (exact) mass is 281 g/mol. The molecule has 1 amide bonds. The van der Waals surface area contributed by atoms with Gasteiger partial charge in [0.05, 0.1) is 11.3 Å². The molecule has 2 aromatic rings. The van der Waals surface area contributed by atoms with Gasteiger partial charge in [0, 0.05) is 11.1 Å². The maximum absolute atomic E-state index is 14.5. The SMILES string of the molecule is CC#Cc1cccc(N2C(=O)c3ccccc3C2O)c1F. The zero-order valence-corrected chi connectivity index (χ0v) is 11.3. The molecule has 1 aliphatic rings. The van der Waals surface area contributed by atoms with Crippen LogP contribution in [0.5, 0.6) is 0 Å². The summed E-state index contributed by atoms with van der Waals surface area (Å²) in [6.45, 7) is 1.61. The van der Waals surface area contributed by atoms with Gasteiger partial charge in [0.1, 0.15) is 0 Å². The van der Waals surface area contributed by atoms with Gasteiger partial charge in [-0.15, -0.1) is 5.92 Å². The van der Waals surface area contributed by atoms with E-state index in [1.54, 1.807) is 37.3 Å². The highest BCUT2D eigenvalue weighted by Crippen LogP contribution is 2.37. The van der Waals surface area contributed by atoms with Gasteiger partial charge in [-0.25, -0.2) is 4.39 Å². The molecule has 0 bridgehead atoms. The van der Waals surface area contributed by atoms with E-state index in [4.69, 9.17) is 0 Å². The van der Waals surface area contributed by atoms with Crippen molar-refractivity contribution in [3.63, 3.8) is 0 Å². The molecule has 2 aromatic carbocycles. The average molecular weight is 281 g/mol. The van der Waals surface area contributed by atoms with E-state index in [1.807, 2.05) is 0 Å². The van der Waals surface area contributed by atoms with Crippen molar-refractivity contribution in [3.8, 4) is 11.8 Å². The van der Waals surface area contributed by atoms with Crippen molar-refractivity contribution < 1.29 is 14.3 Å². The van der Waals surface area contributed by atoms with Crippen LogP contribution < -0.4 is 4.90 Å². The minimum Gasteiger partial charge on any atom is -0.369 e. The zero-order chi connectivity index (χ0) is 15.0. The van der Waals surface area contributed by atoms with E-state index in [0.29, 0.717) is 11.1 Å². The van der Waals surface area contributed by atoms with Crippen LogP contribution in [0, 0.1) is 17.7 Å². The number of anilines is 1. The van der Waals surface area contributed by atoms with Crippen LogP contribution in [0.3, 0.4) is 0 Å². The summed E-state index contributed by atoms with van der Waals surface area (Å²) in [6, 6.07) is 11.3. The van der Waals surface area contributed by atoms with Crippen molar-refractivity contribution >= 4 is 11.6 Å². The number of halogens is 1. The second-order valence-electron chi connectivity index (χ2n) is 4.65. The Morgan fingerprint density at radius 2 is 1.95 bits per heavy atom. The Bertz CT molecular complexity index is 789. The van der Waals surface area contributed by atoms with E-state index in [0.717, 1.165) is 4.90 Å². The Hall–Kier alpha value is -2.64. The summed E-state index contributed by atoms with van der Waals surface area (Å²) < 4.78 is 14.5. The van der Waals surface area contributed by atoms with E-state index < -0.39 is 18.0 Å². The van der Waals surface area contributed by atoms with Crippen LogP contribution in [0.1, 0.15) is 34.6 Å². The first kappa shape index (κ1) is 13.3. The number of hydrogen-bond donors (Lipinski definition) is 1. The maximum Gasteiger partial charge on any atom is 0.261 e. The van der Waals surface area contributed by atoms with Crippen molar-refractivity contribution in [2.75, 3.05) is 4.90 Å². The molecular formula is C17H12FNO2. The molecule has 21 heavy (non-hydrogen) atoms. The van der Waals surface area contributed by atoms with E-state index in [9.17, 15) is 14.3 Å². The molecule has 0 radical (unpaired) electrons. The van der Waals surface area contributed by atoms with Crippen molar-refractivity contribution in [2.45, 2.75) is 13.2 Å². The number of amides is 1. The highest BCUT2D eigenvalue weighted by molar-refractivity contribution is 6.10. The van der Waals surface area contributed by atoms with Gasteiger partial charge < -0.3 is 5.11 Å². The highest BCUT2D eigenvalue weighted by atomic mass is 19.1. The summed E-state index contributed by atoms with van der Waals surface area (Å²) in [5.74, 6) is 4.25. The summed E-state index contributed by atoms with van der Waals surface area (Å²) in [4.78, 5) is 13.4. The number of nitrogens with zero attached hydrogens (tertiary/aromatic N) is 1. The third-order valence-electron chi connectivity index (χ3n) is 3.43. The molecular weight excluding hydrogens is 269 g/mol. The molecule has 3 rings (SSSR count). The second kappa shape index (κ2) is 5.04. The number of aliphatic hydroxyl groups is 1. The molecule has 0 fully saturated rings. The van der Waals surface area contributed by atoms with Crippen LogP contribution in [-0.2, 0) is 0 Å². The van der Waals surface area contributed by atoms with Crippen molar-refractivity contribution in [3.05, 3.63) is 65.0 Å². The van der Waals surface area contributed by atoms with E-state index in [2.05, 4.69) is 11.8 Å². The van der Waals surface area contributed by atoms with Crippen molar-refractivity contribution in [1.29, 1.82) is 0 Å². The number of rotatable bonds is 1. The first-order valence-corrected chi connectivity index (χ1v) is 6.47. The van der Waals surface area contributed by atoms with Gasteiger partial charge >= 0.3 is 0 Å². The largest absolute Gasteiger partial charge is 0.369 e. The maximum atomic E-state index is 14.5. The van der Waals surface area contributed by atoms with Crippen LogP contribution in [0.25, 0.3) is 0 Å². The standard InChI is InChI=1S/C17H12FNO2/c1-2-6-11-7-5-10-14(15(11)18)19-16(20)12-8-3-4-9-13(12)17(19)21/h3-5,7-10,16,20H,1H3. The van der Waals surface area contributed by atoms with Gasteiger partial charge in [0.15, 0.2) is 12.0 Å². The van der Waals surface area contributed by atoms with Gasteiger partial charge in [-0.3, -0.25) is 9.69 Å². The van der Waals surface area contributed by atoms with Crippen molar-refractivity contribution in [1.82, 2.24) is 0 Å². The Kier molecular flexibility index (Phi) is 3.20. The number of fused-ring (bicyclic) bond motifs is 1. The molecule has 104 valence electrons. The lowest BCUT2D eigenvalue weighted by molar-refractivity contribution is 0.0933. The van der Waals surface area contributed by atoms with Crippen LogP contribution >= 0.6 is 0 Å². The van der Waals surface area contributed by atoms with Gasteiger partial charge in [0.25, 0.3) is 5.91 Å². The lowest BCUT2D eigenvalue weighted by atomic mass is 10.1. The number of carbonyl (C=O) groups is 1. The number of carbonyl (C=O) groups excluding carboxylic acids is 1. The van der Waals surface area contributed by atoms with Crippen LogP contribution in [0.2, 0.25) is 0 Å². The highest BCUT2D eigenvalue weighted by Gasteiger charge is 2.37. The minimum atomic E-state index is -1.19. The predicted octanol–water partition coefficient (Wildman–Crippen LogP) is 2.85. The summed E-state index contributed by atoms with van der Waals surface area (Å²) in [5, 5.41) is 10.3. The molecule has 3 nitrogen and oxygen atoms in total. The van der Waals surface area contributed by atoms with E-state index in [-0.39, 0.29) is 11.3 Å². The van der Waals surface area contributed by atoms with Crippen molar-refractivity contribution in [2.24, 2.45) is 0 Å². The summed E-state index contributed by atoms with van der Waals surface area (Å²) in [7, 11) is 0. The molecule has 0 spiro atoms. The minimum absolute atomic E-state index is 0.0314. The first-order valence-electron chi connectivity index (χ1n) is 6.47. The quantitative estimate of drug-likeness (QED) is 0.817. The number of benzene rings is 2. The predicted molar refractivity (Wildman–Crippen MR) is 77.2 cm³/mol. The lowest BCUT2D eigenvalue weighted by Crippen LogP contribution is -2.28. The van der Waals surface area contributed by atoms with Crippen LogP contribution in [0.15, 0.2) is 42.5 Å².